The molecule has 2 nitrogen and oxygen atoms in total. The van der Waals surface area contributed by atoms with Crippen molar-refractivity contribution in [3.8, 4) is 0 Å². The van der Waals surface area contributed by atoms with Crippen molar-refractivity contribution >= 4 is 6.41 Å². The highest BCUT2D eigenvalue weighted by Gasteiger charge is 2.30. The molecule has 1 aromatic carbocycles. The molecular weight excluding hydrogens is 231 g/mol. The van der Waals surface area contributed by atoms with Crippen molar-refractivity contribution in [2.45, 2.75) is 18.5 Å². The van der Waals surface area contributed by atoms with Gasteiger partial charge in [-0.3, -0.25) is 4.79 Å². The van der Waals surface area contributed by atoms with E-state index in [1.807, 2.05) is 0 Å². The van der Waals surface area contributed by atoms with Crippen LogP contribution in [0.2, 0.25) is 0 Å². The number of amides is 1. The van der Waals surface area contributed by atoms with Crippen molar-refractivity contribution in [3.05, 3.63) is 35.4 Å². The third kappa shape index (κ3) is 2.60. The number of alkyl halides is 3. The van der Waals surface area contributed by atoms with Gasteiger partial charge in [0.2, 0.25) is 6.41 Å². The van der Waals surface area contributed by atoms with E-state index in [0.717, 1.165) is 30.5 Å². The molecule has 0 aromatic heterocycles. The van der Waals surface area contributed by atoms with Crippen molar-refractivity contribution in [3.63, 3.8) is 0 Å². The summed E-state index contributed by atoms with van der Waals surface area (Å²) in [6.07, 6.45) is -2.70. The lowest BCUT2D eigenvalue weighted by atomic mass is 9.97. The van der Waals surface area contributed by atoms with Crippen LogP contribution in [0.25, 0.3) is 0 Å². The third-order valence-corrected chi connectivity index (χ3v) is 3.08. The fourth-order valence-electron chi connectivity index (χ4n) is 2.10. The predicted octanol–water partition coefficient (Wildman–Crippen LogP) is 2.65. The number of hydrogen-bond donors (Lipinski definition) is 0. The Balaban J connectivity index is 2.11. The SMILES string of the molecule is O=CN1CCC(c2ccc(C(F)(F)F)cc2)C1. The molecule has 5 heteroatoms. The Labute approximate surface area is 97.0 Å². The van der Waals surface area contributed by atoms with Crippen LogP contribution in [0.1, 0.15) is 23.5 Å². The van der Waals surface area contributed by atoms with Crippen molar-refractivity contribution in [1.29, 1.82) is 0 Å². The Kier molecular flexibility index (Phi) is 3.09. The van der Waals surface area contributed by atoms with Gasteiger partial charge in [0.25, 0.3) is 0 Å². The standard InChI is InChI=1S/C12H12F3NO/c13-12(14,15)11-3-1-9(2-4-11)10-5-6-16(7-10)8-17/h1-4,8,10H,5-7H2. The summed E-state index contributed by atoms with van der Waals surface area (Å²) in [5.74, 6) is 0.155. The average molecular weight is 243 g/mol. The molecule has 1 saturated heterocycles. The first-order valence-corrected chi connectivity index (χ1v) is 5.37. The van der Waals surface area contributed by atoms with Gasteiger partial charge in [-0.15, -0.1) is 0 Å². The Morgan fingerprint density at radius 3 is 2.35 bits per heavy atom. The monoisotopic (exact) mass is 243 g/mol. The van der Waals surface area contributed by atoms with Gasteiger partial charge in [0.05, 0.1) is 5.56 Å². The Hall–Kier alpha value is -1.52. The Morgan fingerprint density at radius 2 is 1.88 bits per heavy atom. The maximum Gasteiger partial charge on any atom is 0.416 e. The first kappa shape index (κ1) is 12.0. The van der Waals surface area contributed by atoms with E-state index in [4.69, 9.17) is 0 Å². The van der Waals surface area contributed by atoms with E-state index in [-0.39, 0.29) is 5.92 Å². The fourth-order valence-corrected chi connectivity index (χ4v) is 2.10. The van der Waals surface area contributed by atoms with E-state index in [1.165, 1.54) is 12.1 Å². The molecule has 0 aliphatic carbocycles. The molecule has 1 amide bonds. The number of carbonyl (C=O) groups excluding carboxylic acids is 1. The zero-order chi connectivity index (χ0) is 12.5. The molecule has 1 unspecified atom stereocenters. The van der Waals surface area contributed by atoms with Gasteiger partial charge in [-0.1, -0.05) is 12.1 Å². The molecule has 1 aliphatic rings. The minimum atomic E-state index is -4.29. The normalized spacial score (nSPS) is 20.6. The molecule has 0 saturated carbocycles. The van der Waals surface area contributed by atoms with Crippen molar-refractivity contribution in [1.82, 2.24) is 4.90 Å². The van der Waals surface area contributed by atoms with Crippen molar-refractivity contribution in [2.24, 2.45) is 0 Å². The summed E-state index contributed by atoms with van der Waals surface area (Å²) >= 11 is 0. The van der Waals surface area contributed by atoms with Gasteiger partial charge >= 0.3 is 6.18 Å². The second kappa shape index (κ2) is 4.39. The van der Waals surface area contributed by atoms with Crippen LogP contribution < -0.4 is 0 Å². The molecule has 1 atom stereocenters. The summed E-state index contributed by atoms with van der Waals surface area (Å²) in [4.78, 5) is 12.2. The van der Waals surface area contributed by atoms with Gasteiger partial charge in [-0.25, -0.2) is 0 Å². The van der Waals surface area contributed by atoms with Gasteiger partial charge in [0.1, 0.15) is 0 Å². The smallest absolute Gasteiger partial charge is 0.345 e. The second-order valence-electron chi connectivity index (χ2n) is 4.21. The lowest BCUT2D eigenvalue weighted by Gasteiger charge is -2.12. The zero-order valence-corrected chi connectivity index (χ0v) is 9.07. The van der Waals surface area contributed by atoms with Crippen LogP contribution in [0.5, 0.6) is 0 Å². The number of nitrogens with zero attached hydrogens (tertiary/aromatic N) is 1. The van der Waals surface area contributed by atoms with Gasteiger partial charge in [-0.2, -0.15) is 13.2 Å². The van der Waals surface area contributed by atoms with E-state index < -0.39 is 11.7 Å². The number of hydrogen-bond acceptors (Lipinski definition) is 1. The first-order valence-electron chi connectivity index (χ1n) is 5.37. The molecule has 2 rings (SSSR count). The number of halogens is 3. The maximum atomic E-state index is 12.4. The van der Waals surface area contributed by atoms with Crippen LogP contribution >= 0.6 is 0 Å². The van der Waals surface area contributed by atoms with Gasteiger partial charge < -0.3 is 4.90 Å². The largest absolute Gasteiger partial charge is 0.416 e. The van der Waals surface area contributed by atoms with Gasteiger partial charge in [-0.05, 0) is 24.1 Å². The Bertz CT molecular complexity index is 399. The minimum absolute atomic E-state index is 0.155. The van der Waals surface area contributed by atoms with E-state index >= 15 is 0 Å². The summed E-state index contributed by atoms with van der Waals surface area (Å²) in [5, 5.41) is 0. The molecule has 0 spiro atoms. The highest BCUT2D eigenvalue weighted by Crippen LogP contribution is 2.32. The van der Waals surface area contributed by atoms with E-state index in [9.17, 15) is 18.0 Å². The molecule has 17 heavy (non-hydrogen) atoms. The Morgan fingerprint density at radius 1 is 1.24 bits per heavy atom. The maximum absolute atomic E-state index is 12.4. The van der Waals surface area contributed by atoms with E-state index in [0.29, 0.717) is 13.1 Å². The minimum Gasteiger partial charge on any atom is -0.345 e. The quantitative estimate of drug-likeness (QED) is 0.731. The molecular formula is C12H12F3NO. The first-order chi connectivity index (χ1) is 8.00. The van der Waals surface area contributed by atoms with Gasteiger partial charge in [0.15, 0.2) is 0 Å². The second-order valence-corrected chi connectivity index (χ2v) is 4.21. The molecule has 0 bridgehead atoms. The third-order valence-electron chi connectivity index (χ3n) is 3.08. The number of benzene rings is 1. The van der Waals surface area contributed by atoms with Crippen LogP contribution in [0, 0.1) is 0 Å². The highest BCUT2D eigenvalue weighted by atomic mass is 19.4. The van der Waals surface area contributed by atoms with Crippen LogP contribution in [0.4, 0.5) is 13.2 Å². The van der Waals surface area contributed by atoms with E-state index in [2.05, 4.69) is 0 Å². The van der Waals surface area contributed by atoms with Crippen LogP contribution in [-0.2, 0) is 11.0 Å². The molecule has 1 fully saturated rings. The average Bonchev–Trinajstić information content (AvgIpc) is 2.76. The summed E-state index contributed by atoms with van der Waals surface area (Å²) in [6.45, 7) is 1.27. The molecule has 0 radical (unpaired) electrons. The van der Waals surface area contributed by atoms with E-state index in [1.54, 1.807) is 4.90 Å². The number of carbonyl (C=O) groups is 1. The predicted molar refractivity (Wildman–Crippen MR) is 56.4 cm³/mol. The lowest BCUT2D eigenvalue weighted by Crippen LogP contribution is -2.17. The van der Waals surface area contributed by atoms with Crippen LogP contribution in [0.15, 0.2) is 24.3 Å². The zero-order valence-electron chi connectivity index (χ0n) is 9.07. The van der Waals surface area contributed by atoms with Crippen LogP contribution in [0.3, 0.4) is 0 Å². The molecule has 92 valence electrons. The molecule has 1 aromatic rings. The van der Waals surface area contributed by atoms with Gasteiger partial charge in [0, 0.05) is 19.0 Å². The number of rotatable bonds is 2. The highest BCUT2D eigenvalue weighted by molar-refractivity contribution is 5.48. The molecule has 1 aliphatic heterocycles. The number of likely N-dealkylation sites (tertiary alicyclic amines) is 1. The lowest BCUT2D eigenvalue weighted by molar-refractivity contribution is -0.137. The van der Waals surface area contributed by atoms with Crippen molar-refractivity contribution < 1.29 is 18.0 Å². The summed E-state index contributed by atoms with van der Waals surface area (Å²) in [5.41, 5.74) is 0.230. The topological polar surface area (TPSA) is 20.3 Å². The summed E-state index contributed by atoms with van der Waals surface area (Å²) in [7, 11) is 0. The molecule has 1 heterocycles. The fraction of sp³-hybridized carbons (Fsp3) is 0.417. The summed E-state index contributed by atoms with van der Waals surface area (Å²) < 4.78 is 37.1. The summed E-state index contributed by atoms with van der Waals surface area (Å²) in [6, 6.07) is 5.20. The molecule has 0 N–H and O–H groups in total. The van der Waals surface area contributed by atoms with Crippen molar-refractivity contribution in [2.75, 3.05) is 13.1 Å². The van der Waals surface area contributed by atoms with Crippen LogP contribution in [-0.4, -0.2) is 24.4 Å².